The summed E-state index contributed by atoms with van der Waals surface area (Å²) in [6, 6.07) is 3.26. The minimum Gasteiger partial charge on any atom is -0.495 e. The van der Waals surface area contributed by atoms with Gasteiger partial charge >= 0.3 is 5.97 Å². The van der Waals surface area contributed by atoms with Crippen LogP contribution in [0.2, 0.25) is 5.02 Å². The van der Waals surface area contributed by atoms with Crippen LogP contribution in [0.5, 0.6) is 5.75 Å². The van der Waals surface area contributed by atoms with Gasteiger partial charge in [0, 0.05) is 5.56 Å². The second kappa shape index (κ2) is 4.98. The van der Waals surface area contributed by atoms with Crippen molar-refractivity contribution in [1.29, 1.82) is 0 Å². The number of hydrogen-bond donors (Lipinski definition) is 0. The molecule has 0 bridgehead atoms. The smallest absolute Gasteiger partial charge is 0.317 e. The summed E-state index contributed by atoms with van der Waals surface area (Å²) >= 11 is 5.97. The molecule has 1 aliphatic rings. The second-order valence-electron chi connectivity index (χ2n) is 4.02. The average Bonchev–Trinajstić information content (AvgIpc) is 2.66. The SMILES string of the molecule is CCOC(=O)[C@@H]1Cc2cc(OC)c(Cl)cc2C1=O. The van der Waals surface area contributed by atoms with Crippen molar-refractivity contribution >= 4 is 23.4 Å². The first kappa shape index (κ1) is 12.9. The van der Waals surface area contributed by atoms with Gasteiger partial charge in [0.2, 0.25) is 0 Å². The fourth-order valence-corrected chi connectivity index (χ4v) is 2.32. The molecule has 0 aromatic heterocycles. The van der Waals surface area contributed by atoms with Crippen LogP contribution in [0.4, 0.5) is 0 Å². The van der Waals surface area contributed by atoms with Crippen molar-refractivity contribution in [3.63, 3.8) is 0 Å². The lowest BCUT2D eigenvalue weighted by atomic mass is 10.1. The Balaban J connectivity index is 2.33. The molecule has 0 radical (unpaired) electrons. The third kappa shape index (κ3) is 2.08. The lowest BCUT2D eigenvalue weighted by molar-refractivity contribution is -0.145. The van der Waals surface area contributed by atoms with Crippen molar-refractivity contribution in [2.75, 3.05) is 13.7 Å². The molecule has 0 heterocycles. The molecule has 4 nitrogen and oxygen atoms in total. The summed E-state index contributed by atoms with van der Waals surface area (Å²) in [7, 11) is 1.51. The molecule has 2 rings (SSSR count). The highest BCUT2D eigenvalue weighted by Crippen LogP contribution is 2.35. The Labute approximate surface area is 110 Å². The van der Waals surface area contributed by atoms with Crippen molar-refractivity contribution in [2.24, 2.45) is 5.92 Å². The van der Waals surface area contributed by atoms with E-state index in [-0.39, 0.29) is 12.4 Å². The molecule has 18 heavy (non-hydrogen) atoms. The van der Waals surface area contributed by atoms with Crippen LogP contribution in [-0.2, 0) is 16.0 Å². The Morgan fingerprint density at radius 2 is 2.22 bits per heavy atom. The zero-order chi connectivity index (χ0) is 13.3. The monoisotopic (exact) mass is 268 g/mol. The van der Waals surface area contributed by atoms with E-state index in [9.17, 15) is 9.59 Å². The zero-order valence-corrected chi connectivity index (χ0v) is 10.9. The molecule has 0 aliphatic heterocycles. The molecule has 0 fully saturated rings. The van der Waals surface area contributed by atoms with Crippen molar-refractivity contribution in [3.05, 3.63) is 28.3 Å². The highest BCUT2D eigenvalue weighted by Gasteiger charge is 2.37. The Morgan fingerprint density at radius 1 is 1.50 bits per heavy atom. The van der Waals surface area contributed by atoms with Gasteiger partial charge in [-0.2, -0.15) is 0 Å². The number of esters is 1. The summed E-state index contributed by atoms with van der Waals surface area (Å²) in [6.07, 6.45) is 0.348. The average molecular weight is 269 g/mol. The van der Waals surface area contributed by atoms with E-state index in [4.69, 9.17) is 21.1 Å². The summed E-state index contributed by atoms with van der Waals surface area (Å²) in [5.74, 6) is -0.947. The maximum absolute atomic E-state index is 12.1. The van der Waals surface area contributed by atoms with Crippen LogP contribution in [-0.4, -0.2) is 25.5 Å². The van der Waals surface area contributed by atoms with Gasteiger partial charge in [-0.1, -0.05) is 11.6 Å². The number of rotatable bonds is 3. The fraction of sp³-hybridized carbons (Fsp3) is 0.385. The van der Waals surface area contributed by atoms with Crippen LogP contribution >= 0.6 is 11.6 Å². The number of halogens is 1. The van der Waals surface area contributed by atoms with E-state index < -0.39 is 11.9 Å². The number of benzene rings is 1. The molecule has 1 aromatic carbocycles. The number of methoxy groups -OCH3 is 1. The minimum absolute atomic E-state index is 0.229. The van der Waals surface area contributed by atoms with Gasteiger partial charge in [-0.25, -0.2) is 0 Å². The van der Waals surface area contributed by atoms with E-state index in [0.29, 0.717) is 22.8 Å². The minimum atomic E-state index is -0.747. The van der Waals surface area contributed by atoms with Gasteiger partial charge in [0.15, 0.2) is 5.78 Å². The molecule has 1 aromatic rings. The van der Waals surface area contributed by atoms with E-state index in [1.807, 2.05) is 0 Å². The Morgan fingerprint density at radius 3 is 2.83 bits per heavy atom. The van der Waals surface area contributed by atoms with E-state index >= 15 is 0 Å². The van der Waals surface area contributed by atoms with Crippen LogP contribution in [0.15, 0.2) is 12.1 Å². The summed E-state index contributed by atoms with van der Waals surface area (Å²) in [6.45, 7) is 1.98. The maximum Gasteiger partial charge on any atom is 0.317 e. The van der Waals surface area contributed by atoms with Gasteiger partial charge < -0.3 is 9.47 Å². The van der Waals surface area contributed by atoms with Gasteiger partial charge in [-0.3, -0.25) is 9.59 Å². The predicted octanol–water partition coefficient (Wildman–Crippen LogP) is 2.27. The van der Waals surface area contributed by atoms with Gasteiger partial charge in [0.25, 0.3) is 0 Å². The molecule has 96 valence electrons. The van der Waals surface area contributed by atoms with Gasteiger partial charge in [0.1, 0.15) is 11.7 Å². The molecule has 0 unspecified atom stereocenters. The number of carbonyl (C=O) groups is 2. The van der Waals surface area contributed by atoms with Crippen molar-refractivity contribution < 1.29 is 19.1 Å². The summed E-state index contributed by atoms with van der Waals surface area (Å²) in [5, 5.41) is 0.370. The molecule has 5 heteroatoms. The van der Waals surface area contributed by atoms with Gasteiger partial charge in [-0.15, -0.1) is 0 Å². The largest absolute Gasteiger partial charge is 0.495 e. The van der Waals surface area contributed by atoms with Crippen molar-refractivity contribution in [1.82, 2.24) is 0 Å². The molecular formula is C13H13ClO4. The quantitative estimate of drug-likeness (QED) is 0.623. The van der Waals surface area contributed by atoms with Crippen molar-refractivity contribution in [2.45, 2.75) is 13.3 Å². The first-order valence-corrected chi connectivity index (χ1v) is 6.03. The summed E-state index contributed by atoms with van der Waals surface area (Å²) < 4.78 is 9.98. The van der Waals surface area contributed by atoms with Crippen LogP contribution in [0.1, 0.15) is 22.8 Å². The third-order valence-corrected chi connectivity index (χ3v) is 3.25. The van der Waals surface area contributed by atoms with E-state index in [1.165, 1.54) is 7.11 Å². The van der Waals surface area contributed by atoms with Crippen LogP contribution in [0.3, 0.4) is 0 Å². The standard InChI is InChI=1S/C13H13ClO4/c1-3-18-13(16)9-4-7-5-11(17-2)10(14)6-8(7)12(9)15/h5-6,9H,3-4H2,1-2H3/t9-/m1/s1. The summed E-state index contributed by atoms with van der Waals surface area (Å²) in [4.78, 5) is 23.7. The Kier molecular flexibility index (Phi) is 3.57. The maximum atomic E-state index is 12.1. The van der Waals surface area contributed by atoms with Gasteiger partial charge in [-0.05, 0) is 31.0 Å². The number of ketones is 1. The number of hydrogen-bond acceptors (Lipinski definition) is 4. The van der Waals surface area contributed by atoms with E-state index in [2.05, 4.69) is 0 Å². The lowest BCUT2D eigenvalue weighted by Gasteiger charge is -2.05. The second-order valence-corrected chi connectivity index (χ2v) is 4.42. The molecule has 1 atom stereocenters. The highest BCUT2D eigenvalue weighted by atomic mass is 35.5. The van der Waals surface area contributed by atoms with Crippen LogP contribution in [0.25, 0.3) is 0 Å². The molecule has 0 saturated heterocycles. The Bertz CT molecular complexity index is 510. The number of Topliss-reactive ketones (excluding diaryl/α,β-unsaturated/α-hetero) is 1. The van der Waals surface area contributed by atoms with Crippen LogP contribution in [0, 0.1) is 5.92 Å². The summed E-state index contributed by atoms with van der Waals surface area (Å²) in [5.41, 5.74) is 1.26. The first-order chi connectivity index (χ1) is 8.58. The van der Waals surface area contributed by atoms with E-state index in [0.717, 1.165) is 5.56 Å². The number of fused-ring (bicyclic) bond motifs is 1. The van der Waals surface area contributed by atoms with Gasteiger partial charge in [0.05, 0.1) is 18.7 Å². The Hall–Kier alpha value is -1.55. The third-order valence-electron chi connectivity index (χ3n) is 2.95. The lowest BCUT2D eigenvalue weighted by Crippen LogP contribution is -2.23. The fourth-order valence-electron chi connectivity index (χ4n) is 2.08. The predicted molar refractivity (Wildman–Crippen MR) is 66.2 cm³/mol. The molecule has 0 amide bonds. The first-order valence-electron chi connectivity index (χ1n) is 5.65. The topological polar surface area (TPSA) is 52.6 Å². The normalized spacial score (nSPS) is 17.5. The molecule has 0 N–H and O–H groups in total. The molecule has 0 spiro atoms. The number of carbonyl (C=O) groups excluding carboxylic acids is 2. The van der Waals surface area contributed by atoms with Crippen LogP contribution < -0.4 is 4.74 Å². The van der Waals surface area contributed by atoms with E-state index in [1.54, 1.807) is 19.1 Å². The molecule has 0 saturated carbocycles. The molecular weight excluding hydrogens is 256 g/mol. The highest BCUT2D eigenvalue weighted by molar-refractivity contribution is 6.32. The zero-order valence-electron chi connectivity index (χ0n) is 10.2. The number of ether oxygens (including phenoxy) is 2. The van der Waals surface area contributed by atoms with Crippen molar-refractivity contribution in [3.8, 4) is 5.75 Å². The molecule has 1 aliphatic carbocycles.